The molecule has 0 amide bonds. The van der Waals surface area contributed by atoms with E-state index in [0.29, 0.717) is 5.56 Å². The summed E-state index contributed by atoms with van der Waals surface area (Å²) in [6.07, 6.45) is 1.33. The maximum absolute atomic E-state index is 12.8. The second kappa shape index (κ2) is 7.06. The molecule has 0 aliphatic rings. The van der Waals surface area contributed by atoms with E-state index in [2.05, 4.69) is 20.8 Å². The van der Waals surface area contributed by atoms with E-state index < -0.39 is 39.1 Å². The second-order valence-electron chi connectivity index (χ2n) is 7.98. The molecule has 0 radical (unpaired) electrons. The van der Waals surface area contributed by atoms with Gasteiger partial charge in [-0.2, -0.15) is 0 Å². The highest BCUT2D eigenvalue weighted by Crippen LogP contribution is 2.27. The third-order valence-electron chi connectivity index (χ3n) is 3.52. The van der Waals surface area contributed by atoms with Crippen molar-refractivity contribution in [3.8, 4) is 0 Å². The van der Waals surface area contributed by atoms with E-state index in [0.717, 1.165) is 9.13 Å². The van der Waals surface area contributed by atoms with Crippen molar-refractivity contribution in [3.63, 3.8) is 0 Å². The Bertz CT molecular complexity index is 725. The van der Waals surface area contributed by atoms with Gasteiger partial charge >= 0.3 is 11.7 Å². The molecule has 1 aromatic heterocycles. The maximum Gasteiger partial charge on any atom is 0.331 e. The lowest BCUT2D eigenvalue weighted by Gasteiger charge is -2.30. The first-order chi connectivity index (χ1) is 10.8. The first-order valence-corrected chi connectivity index (χ1v) is 9.27. The summed E-state index contributed by atoms with van der Waals surface area (Å²) < 4.78 is 8.20. The van der Waals surface area contributed by atoms with Crippen LogP contribution in [-0.4, -0.2) is 30.0 Å². The lowest BCUT2D eigenvalue weighted by Crippen LogP contribution is -2.46. The molecule has 24 heavy (non-hydrogen) atoms. The maximum atomic E-state index is 12.8. The fourth-order valence-electron chi connectivity index (χ4n) is 2.22. The van der Waals surface area contributed by atoms with Gasteiger partial charge in [0.1, 0.15) is 6.54 Å². The molecule has 1 rings (SSSR count). The summed E-state index contributed by atoms with van der Waals surface area (Å²) in [4.78, 5) is 36.2. The molecule has 0 aliphatic heterocycles. The average Bonchev–Trinajstić information content (AvgIpc) is 2.38. The topological polar surface area (TPSA) is 90.5 Å². The molecule has 0 fully saturated rings. The average molecular weight is 356 g/mol. The summed E-state index contributed by atoms with van der Waals surface area (Å²) in [6.45, 7) is 12.7. The van der Waals surface area contributed by atoms with Crippen molar-refractivity contribution in [2.75, 3.05) is 0 Å². The Hall–Kier alpha value is -1.67. The second-order valence-corrected chi connectivity index (χ2v) is 10.7. The highest BCUT2D eigenvalue weighted by molar-refractivity contribution is 6.31. The molecular weight excluding hydrogens is 328 g/mol. The van der Waals surface area contributed by atoms with Gasteiger partial charge in [-0.3, -0.25) is 18.7 Å². The fourth-order valence-corrected chi connectivity index (χ4v) is 3.17. The SMILES string of the molecule is CC(C)n1c(=O)c(C(C)(C)O[SiH2]C(C)(C)C)cn(CC(=O)O)c1=O. The van der Waals surface area contributed by atoms with E-state index in [1.165, 1.54) is 6.20 Å². The van der Waals surface area contributed by atoms with Gasteiger partial charge in [0.05, 0.1) is 11.2 Å². The standard InChI is InChI=1S/C16H28N2O5Si/c1-10(2)18-13(21)11(8-17(14(18)22)9-12(19)20)16(6,7)23-24-15(3,4)5/h8,10H,9,24H2,1-7H3,(H,19,20). The van der Waals surface area contributed by atoms with Gasteiger partial charge in [-0.15, -0.1) is 0 Å². The highest BCUT2D eigenvalue weighted by Gasteiger charge is 2.30. The number of aromatic nitrogens is 2. The smallest absolute Gasteiger partial charge is 0.331 e. The van der Waals surface area contributed by atoms with Crippen LogP contribution in [0, 0.1) is 0 Å². The third-order valence-corrected chi connectivity index (χ3v) is 5.25. The zero-order valence-electron chi connectivity index (χ0n) is 15.5. The van der Waals surface area contributed by atoms with Crippen LogP contribution in [0.2, 0.25) is 5.04 Å². The van der Waals surface area contributed by atoms with Gasteiger partial charge in [0.25, 0.3) is 5.56 Å². The Kier molecular flexibility index (Phi) is 5.99. The van der Waals surface area contributed by atoms with Crippen molar-refractivity contribution >= 4 is 15.7 Å². The van der Waals surface area contributed by atoms with Crippen LogP contribution < -0.4 is 11.2 Å². The quantitative estimate of drug-likeness (QED) is 0.774. The molecule has 0 unspecified atom stereocenters. The summed E-state index contributed by atoms with van der Waals surface area (Å²) in [5.41, 5.74) is -1.63. The van der Waals surface area contributed by atoms with E-state index >= 15 is 0 Å². The fraction of sp³-hybridized carbons (Fsp3) is 0.688. The van der Waals surface area contributed by atoms with Crippen molar-refractivity contribution in [2.45, 2.75) is 71.7 Å². The molecule has 1 aromatic rings. The molecule has 136 valence electrons. The Morgan fingerprint density at radius 1 is 1.25 bits per heavy atom. The van der Waals surface area contributed by atoms with Crippen molar-refractivity contribution < 1.29 is 14.3 Å². The summed E-state index contributed by atoms with van der Waals surface area (Å²) >= 11 is 0. The van der Waals surface area contributed by atoms with Crippen LogP contribution in [0.3, 0.4) is 0 Å². The molecule has 0 aromatic carbocycles. The highest BCUT2D eigenvalue weighted by atomic mass is 28.2. The largest absolute Gasteiger partial charge is 0.480 e. The molecule has 0 aliphatic carbocycles. The molecule has 0 saturated carbocycles. The van der Waals surface area contributed by atoms with Gasteiger partial charge in [-0.25, -0.2) is 4.79 Å². The van der Waals surface area contributed by atoms with Crippen molar-refractivity contribution in [1.82, 2.24) is 9.13 Å². The summed E-state index contributed by atoms with van der Waals surface area (Å²) in [6, 6.07) is -0.374. The van der Waals surface area contributed by atoms with E-state index in [1.54, 1.807) is 27.7 Å². The van der Waals surface area contributed by atoms with Crippen LogP contribution in [-0.2, 0) is 21.4 Å². The van der Waals surface area contributed by atoms with Gasteiger partial charge in [0.15, 0.2) is 9.76 Å². The number of hydrogen-bond acceptors (Lipinski definition) is 4. The molecule has 8 heteroatoms. The first-order valence-electron chi connectivity index (χ1n) is 7.98. The molecule has 0 bridgehead atoms. The lowest BCUT2D eigenvalue weighted by molar-refractivity contribution is -0.137. The normalized spacial score (nSPS) is 13.2. The van der Waals surface area contributed by atoms with E-state index in [1.807, 2.05) is 0 Å². The predicted octanol–water partition coefficient (Wildman–Crippen LogP) is 1.23. The van der Waals surface area contributed by atoms with Gasteiger partial charge in [0, 0.05) is 12.2 Å². The predicted molar refractivity (Wildman–Crippen MR) is 95.4 cm³/mol. The number of rotatable bonds is 6. The summed E-state index contributed by atoms with van der Waals surface area (Å²) in [5, 5.41) is 9.07. The zero-order chi connectivity index (χ0) is 18.9. The number of hydrogen-bond donors (Lipinski definition) is 1. The van der Waals surface area contributed by atoms with Gasteiger partial charge in [-0.1, -0.05) is 20.8 Å². The van der Waals surface area contributed by atoms with Crippen LogP contribution in [0.1, 0.15) is 60.1 Å². The van der Waals surface area contributed by atoms with Crippen molar-refractivity contribution in [3.05, 3.63) is 32.6 Å². The number of carboxylic acid groups (broad SMARTS) is 1. The number of carboxylic acids is 1. The molecule has 7 nitrogen and oxygen atoms in total. The van der Waals surface area contributed by atoms with E-state index in [-0.39, 0.29) is 11.1 Å². The minimum atomic E-state index is -1.14. The Morgan fingerprint density at radius 2 is 1.79 bits per heavy atom. The number of carbonyl (C=O) groups is 1. The van der Waals surface area contributed by atoms with Gasteiger partial charge < -0.3 is 9.53 Å². The van der Waals surface area contributed by atoms with E-state index in [4.69, 9.17) is 9.53 Å². The lowest BCUT2D eigenvalue weighted by atomic mass is 10.0. The molecule has 0 spiro atoms. The van der Waals surface area contributed by atoms with Crippen LogP contribution >= 0.6 is 0 Å². The first kappa shape index (κ1) is 20.4. The molecule has 1 N–H and O–H groups in total. The minimum Gasteiger partial charge on any atom is -0.480 e. The van der Waals surface area contributed by atoms with Crippen LogP contribution in [0.5, 0.6) is 0 Å². The molecular formula is C16H28N2O5Si. The third kappa shape index (κ3) is 4.91. The molecule has 1 heterocycles. The number of aliphatic carboxylic acids is 1. The van der Waals surface area contributed by atoms with Crippen LogP contribution in [0.25, 0.3) is 0 Å². The summed E-state index contributed by atoms with van der Waals surface area (Å²) in [5.74, 6) is -1.14. The van der Waals surface area contributed by atoms with Crippen molar-refractivity contribution in [1.29, 1.82) is 0 Å². The van der Waals surface area contributed by atoms with Crippen LogP contribution in [0.4, 0.5) is 0 Å². The number of nitrogens with zero attached hydrogens (tertiary/aromatic N) is 2. The van der Waals surface area contributed by atoms with Crippen LogP contribution in [0.15, 0.2) is 15.8 Å². The van der Waals surface area contributed by atoms with E-state index in [9.17, 15) is 14.4 Å². The van der Waals surface area contributed by atoms with Gasteiger partial charge in [-0.05, 0) is 32.7 Å². The van der Waals surface area contributed by atoms with Crippen molar-refractivity contribution in [2.24, 2.45) is 0 Å². The Morgan fingerprint density at radius 3 is 2.21 bits per heavy atom. The summed E-state index contributed by atoms with van der Waals surface area (Å²) in [7, 11) is -0.942. The Balaban J connectivity index is 3.52. The minimum absolute atomic E-state index is 0.0455. The zero-order valence-corrected chi connectivity index (χ0v) is 17.0. The monoisotopic (exact) mass is 356 g/mol. The van der Waals surface area contributed by atoms with Gasteiger partial charge in [0.2, 0.25) is 0 Å². The molecule has 0 atom stereocenters. The Labute approximate surface area is 144 Å². The molecule has 0 saturated heterocycles.